The molecule has 1 aliphatic rings. The number of nitrogens with one attached hydrogen (secondary N) is 1. The van der Waals surface area contributed by atoms with Gasteiger partial charge in [0.2, 0.25) is 0 Å². The fraction of sp³-hybridized carbons (Fsp3) is 0.400. The number of benzene rings is 1. The van der Waals surface area contributed by atoms with Crippen LogP contribution in [-0.4, -0.2) is 34.0 Å². The molecule has 1 unspecified atom stereocenters. The molecule has 1 fully saturated rings. The molecule has 0 saturated carbocycles. The Hall–Kier alpha value is -0.230. The summed E-state index contributed by atoms with van der Waals surface area (Å²) in [7, 11) is 0. The van der Waals surface area contributed by atoms with Crippen LogP contribution in [0.5, 0.6) is 0 Å². The minimum atomic E-state index is 0.753. The smallest absolute Gasteiger partial charge is 0.0758 e. The number of nitrogens with zero attached hydrogens (tertiary/aromatic N) is 1. The molecule has 5 heteroatoms. The maximum atomic E-state index is 4.53. The first-order valence-electron chi connectivity index (χ1n) is 6.77. The minimum absolute atomic E-state index is 0.753. The van der Waals surface area contributed by atoms with Gasteiger partial charge in [-0.25, -0.2) is 0 Å². The third kappa shape index (κ3) is 3.50. The van der Waals surface area contributed by atoms with Crippen LogP contribution in [0.3, 0.4) is 0 Å². The summed E-state index contributed by atoms with van der Waals surface area (Å²) in [6, 6.07) is 8.38. The fourth-order valence-corrected chi connectivity index (χ4v) is 5.46. The molecular weight excluding hydrogens is 352 g/mol. The molecule has 1 atom stereocenters. The lowest BCUT2D eigenvalue weighted by atomic mass is 10.1. The van der Waals surface area contributed by atoms with E-state index < -0.39 is 0 Å². The Labute approximate surface area is 136 Å². The van der Waals surface area contributed by atoms with Gasteiger partial charge in [-0.15, -0.1) is 0 Å². The van der Waals surface area contributed by atoms with Gasteiger partial charge in [-0.3, -0.25) is 4.98 Å². The van der Waals surface area contributed by atoms with Crippen molar-refractivity contribution >= 4 is 50.4 Å². The SMILES string of the molecule is Brc1ccc(CNCC2CSCCS2)c2ncccc12. The van der Waals surface area contributed by atoms with E-state index in [-0.39, 0.29) is 0 Å². The number of thioether (sulfide) groups is 2. The van der Waals surface area contributed by atoms with Gasteiger partial charge in [0.15, 0.2) is 0 Å². The minimum Gasteiger partial charge on any atom is -0.311 e. The van der Waals surface area contributed by atoms with Gasteiger partial charge in [0.05, 0.1) is 5.52 Å². The molecule has 2 nitrogen and oxygen atoms in total. The standard InChI is InChI=1S/C15H17BrN2S2/c16-14-4-3-11(15-13(14)2-1-5-18-15)8-17-9-12-10-19-6-7-20-12/h1-5,12,17H,6-10H2. The lowest BCUT2D eigenvalue weighted by Crippen LogP contribution is -2.28. The molecule has 0 bridgehead atoms. The van der Waals surface area contributed by atoms with Crippen LogP contribution in [0, 0.1) is 0 Å². The van der Waals surface area contributed by atoms with Gasteiger partial charge in [-0.2, -0.15) is 23.5 Å². The monoisotopic (exact) mass is 368 g/mol. The van der Waals surface area contributed by atoms with Crippen LogP contribution in [0.1, 0.15) is 5.56 Å². The van der Waals surface area contributed by atoms with Gasteiger partial charge in [-0.05, 0) is 17.7 Å². The number of hydrogen-bond acceptors (Lipinski definition) is 4. The number of fused-ring (bicyclic) bond motifs is 1. The molecule has 1 aromatic heterocycles. The highest BCUT2D eigenvalue weighted by Crippen LogP contribution is 2.26. The zero-order valence-electron chi connectivity index (χ0n) is 11.1. The maximum Gasteiger partial charge on any atom is 0.0758 e. The van der Waals surface area contributed by atoms with Crippen molar-refractivity contribution in [3.8, 4) is 0 Å². The van der Waals surface area contributed by atoms with Crippen molar-refractivity contribution in [2.24, 2.45) is 0 Å². The van der Waals surface area contributed by atoms with Crippen molar-refractivity contribution in [3.63, 3.8) is 0 Å². The second-order valence-electron chi connectivity index (χ2n) is 4.80. The largest absolute Gasteiger partial charge is 0.311 e. The first-order chi connectivity index (χ1) is 9.84. The molecule has 0 aliphatic carbocycles. The highest BCUT2D eigenvalue weighted by molar-refractivity contribution is 9.10. The number of halogens is 1. The van der Waals surface area contributed by atoms with Crippen LogP contribution < -0.4 is 5.32 Å². The number of hydrogen-bond donors (Lipinski definition) is 1. The Morgan fingerprint density at radius 1 is 1.30 bits per heavy atom. The van der Waals surface area contributed by atoms with Crippen LogP contribution in [0.15, 0.2) is 34.9 Å². The van der Waals surface area contributed by atoms with Crippen LogP contribution in [0.4, 0.5) is 0 Å². The van der Waals surface area contributed by atoms with Gasteiger partial charge in [0.25, 0.3) is 0 Å². The van der Waals surface area contributed by atoms with Crippen molar-refractivity contribution in [1.82, 2.24) is 10.3 Å². The van der Waals surface area contributed by atoms with E-state index in [2.05, 4.69) is 68.0 Å². The topological polar surface area (TPSA) is 24.9 Å². The Morgan fingerprint density at radius 3 is 3.10 bits per heavy atom. The van der Waals surface area contributed by atoms with Crippen molar-refractivity contribution in [2.45, 2.75) is 11.8 Å². The van der Waals surface area contributed by atoms with E-state index in [0.29, 0.717) is 0 Å². The van der Waals surface area contributed by atoms with E-state index in [0.717, 1.165) is 28.3 Å². The van der Waals surface area contributed by atoms with Gasteiger partial charge < -0.3 is 5.32 Å². The average molecular weight is 369 g/mol. The zero-order chi connectivity index (χ0) is 13.8. The molecule has 1 N–H and O–H groups in total. The number of pyridine rings is 1. The third-order valence-corrected chi connectivity index (χ3v) is 6.91. The lowest BCUT2D eigenvalue weighted by Gasteiger charge is -2.21. The van der Waals surface area contributed by atoms with Crippen molar-refractivity contribution in [2.75, 3.05) is 23.8 Å². The summed E-state index contributed by atoms with van der Waals surface area (Å²) in [5.74, 6) is 3.87. The number of aromatic nitrogens is 1. The third-order valence-electron chi connectivity index (χ3n) is 3.37. The van der Waals surface area contributed by atoms with Gasteiger partial charge in [-0.1, -0.05) is 28.1 Å². The van der Waals surface area contributed by atoms with Crippen molar-refractivity contribution < 1.29 is 0 Å². The maximum absolute atomic E-state index is 4.53. The molecule has 3 rings (SSSR count). The first-order valence-corrected chi connectivity index (χ1v) is 9.76. The van der Waals surface area contributed by atoms with Gasteiger partial charge >= 0.3 is 0 Å². The van der Waals surface area contributed by atoms with Gasteiger partial charge in [0, 0.05) is 51.7 Å². The Kier molecular flexibility index (Phi) is 5.26. The normalized spacial score (nSPS) is 19.4. The molecule has 1 aliphatic heterocycles. The highest BCUT2D eigenvalue weighted by Gasteiger charge is 2.14. The quantitative estimate of drug-likeness (QED) is 0.883. The Balaban J connectivity index is 1.67. The molecule has 0 amide bonds. The fourth-order valence-electron chi connectivity index (χ4n) is 2.36. The predicted octanol–water partition coefficient (Wildman–Crippen LogP) is 3.94. The van der Waals surface area contributed by atoms with Crippen LogP contribution in [0.25, 0.3) is 10.9 Å². The van der Waals surface area contributed by atoms with E-state index in [1.165, 1.54) is 28.2 Å². The summed E-state index contributed by atoms with van der Waals surface area (Å²) in [6.07, 6.45) is 1.87. The summed E-state index contributed by atoms with van der Waals surface area (Å²) in [5.41, 5.74) is 2.37. The van der Waals surface area contributed by atoms with Gasteiger partial charge in [0.1, 0.15) is 0 Å². The second-order valence-corrected chi connectivity index (χ2v) is 8.22. The molecule has 1 aromatic carbocycles. The van der Waals surface area contributed by atoms with E-state index in [4.69, 9.17) is 0 Å². The summed E-state index contributed by atoms with van der Waals surface area (Å²) >= 11 is 7.77. The lowest BCUT2D eigenvalue weighted by molar-refractivity contribution is 0.688. The molecule has 106 valence electrons. The second kappa shape index (κ2) is 7.16. The van der Waals surface area contributed by atoms with E-state index in [1.807, 2.05) is 12.3 Å². The summed E-state index contributed by atoms with van der Waals surface area (Å²) in [5, 5.41) is 5.54. The first kappa shape index (κ1) is 14.7. The summed E-state index contributed by atoms with van der Waals surface area (Å²) in [6.45, 7) is 1.98. The molecule has 2 heterocycles. The summed E-state index contributed by atoms with van der Waals surface area (Å²) in [4.78, 5) is 4.53. The van der Waals surface area contributed by atoms with Crippen LogP contribution in [0.2, 0.25) is 0 Å². The molecule has 0 spiro atoms. The Bertz CT molecular complexity index is 585. The molecule has 20 heavy (non-hydrogen) atoms. The Morgan fingerprint density at radius 2 is 2.25 bits per heavy atom. The van der Waals surface area contributed by atoms with E-state index in [9.17, 15) is 0 Å². The zero-order valence-corrected chi connectivity index (χ0v) is 14.4. The number of rotatable bonds is 4. The average Bonchev–Trinajstić information content (AvgIpc) is 2.51. The van der Waals surface area contributed by atoms with E-state index in [1.54, 1.807) is 0 Å². The molecular formula is C15H17BrN2S2. The van der Waals surface area contributed by atoms with Crippen molar-refractivity contribution in [3.05, 3.63) is 40.5 Å². The molecule has 0 radical (unpaired) electrons. The predicted molar refractivity (Wildman–Crippen MR) is 94.7 cm³/mol. The highest BCUT2D eigenvalue weighted by atomic mass is 79.9. The molecule has 2 aromatic rings. The van der Waals surface area contributed by atoms with Crippen LogP contribution >= 0.6 is 39.5 Å². The van der Waals surface area contributed by atoms with Crippen molar-refractivity contribution in [1.29, 1.82) is 0 Å². The van der Waals surface area contributed by atoms with E-state index >= 15 is 0 Å². The summed E-state index contributed by atoms with van der Waals surface area (Å²) < 4.78 is 1.11. The molecule has 1 saturated heterocycles. The van der Waals surface area contributed by atoms with Crippen LogP contribution in [-0.2, 0) is 6.54 Å².